The number of halogens is 1. The van der Waals surface area contributed by atoms with Crippen LogP contribution < -0.4 is 0 Å². The number of aryl methyl sites for hydroxylation is 1. The Hall–Kier alpha value is -1.97. The molecule has 1 aromatic carbocycles. The predicted octanol–water partition coefficient (Wildman–Crippen LogP) is 2.86. The van der Waals surface area contributed by atoms with Crippen molar-refractivity contribution in [2.24, 2.45) is 0 Å². The van der Waals surface area contributed by atoms with E-state index >= 15 is 0 Å². The van der Waals surface area contributed by atoms with Crippen LogP contribution in [0.4, 0.5) is 4.39 Å². The number of fused-ring (bicyclic) bond motifs is 1. The SMILES string of the molecule is CCOC(=O)c1cc(C)c2ccc(F)cc2n1. The largest absolute Gasteiger partial charge is 0.461 e. The summed E-state index contributed by atoms with van der Waals surface area (Å²) in [7, 11) is 0. The van der Waals surface area contributed by atoms with Crippen LogP contribution in [0.2, 0.25) is 0 Å². The third kappa shape index (κ3) is 2.25. The number of rotatable bonds is 2. The molecule has 0 aliphatic carbocycles. The van der Waals surface area contributed by atoms with E-state index in [0.29, 0.717) is 12.1 Å². The highest BCUT2D eigenvalue weighted by Crippen LogP contribution is 2.19. The van der Waals surface area contributed by atoms with Crippen molar-refractivity contribution in [2.75, 3.05) is 6.61 Å². The standard InChI is InChI=1S/C13H12FNO2/c1-3-17-13(16)12-6-8(2)10-5-4-9(14)7-11(10)15-12/h4-7H,3H2,1-2H3. The van der Waals surface area contributed by atoms with Gasteiger partial charge in [0, 0.05) is 11.5 Å². The van der Waals surface area contributed by atoms with Crippen LogP contribution >= 0.6 is 0 Å². The second-order valence-corrected chi connectivity index (χ2v) is 3.71. The third-order valence-corrected chi connectivity index (χ3v) is 2.46. The van der Waals surface area contributed by atoms with E-state index in [1.54, 1.807) is 19.1 Å². The molecule has 17 heavy (non-hydrogen) atoms. The number of carbonyl (C=O) groups excluding carboxylic acids is 1. The quantitative estimate of drug-likeness (QED) is 0.749. The Labute approximate surface area is 98.2 Å². The third-order valence-electron chi connectivity index (χ3n) is 2.46. The lowest BCUT2D eigenvalue weighted by atomic mass is 10.1. The van der Waals surface area contributed by atoms with E-state index in [1.807, 2.05) is 6.92 Å². The molecule has 0 atom stereocenters. The molecule has 0 N–H and O–H groups in total. The Balaban J connectivity index is 2.57. The van der Waals surface area contributed by atoms with Gasteiger partial charge in [0.25, 0.3) is 0 Å². The molecule has 0 fully saturated rings. The van der Waals surface area contributed by atoms with E-state index in [0.717, 1.165) is 10.9 Å². The molecule has 1 heterocycles. The van der Waals surface area contributed by atoms with Gasteiger partial charge < -0.3 is 4.74 Å². The molecule has 0 amide bonds. The molecule has 2 aromatic rings. The molecule has 0 saturated heterocycles. The molecule has 4 heteroatoms. The average molecular weight is 233 g/mol. The number of ether oxygens (including phenoxy) is 1. The topological polar surface area (TPSA) is 39.2 Å². The number of esters is 1. The molecule has 0 aliphatic heterocycles. The summed E-state index contributed by atoms with van der Waals surface area (Å²) in [6.45, 7) is 3.87. The van der Waals surface area contributed by atoms with Crippen LogP contribution in [0.1, 0.15) is 23.0 Å². The number of aromatic nitrogens is 1. The van der Waals surface area contributed by atoms with Crippen molar-refractivity contribution in [3.8, 4) is 0 Å². The Kier molecular flexibility index (Phi) is 3.04. The zero-order valence-corrected chi connectivity index (χ0v) is 9.66. The van der Waals surface area contributed by atoms with Crippen LogP contribution in [-0.2, 0) is 4.74 Å². The fraction of sp³-hybridized carbons (Fsp3) is 0.231. The van der Waals surface area contributed by atoms with Gasteiger partial charge in [0.1, 0.15) is 11.5 Å². The van der Waals surface area contributed by atoms with Crippen molar-refractivity contribution in [3.05, 3.63) is 41.3 Å². The van der Waals surface area contributed by atoms with Gasteiger partial charge in [0.2, 0.25) is 0 Å². The summed E-state index contributed by atoms with van der Waals surface area (Å²) in [4.78, 5) is 15.6. The van der Waals surface area contributed by atoms with Gasteiger partial charge in [-0.3, -0.25) is 0 Å². The Bertz CT molecular complexity index is 581. The maximum Gasteiger partial charge on any atom is 0.356 e. The second kappa shape index (κ2) is 4.49. The molecule has 0 unspecified atom stereocenters. The summed E-state index contributed by atoms with van der Waals surface area (Å²) >= 11 is 0. The Morgan fingerprint density at radius 1 is 1.41 bits per heavy atom. The highest BCUT2D eigenvalue weighted by Gasteiger charge is 2.11. The number of nitrogens with zero attached hydrogens (tertiary/aromatic N) is 1. The summed E-state index contributed by atoms with van der Waals surface area (Å²) < 4.78 is 18.0. The molecular formula is C13H12FNO2. The minimum absolute atomic E-state index is 0.211. The summed E-state index contributed by atoms with van der Waals surface area (Å²) in [5, 5.41) is 0.833. The van der Waals surface area contributed by atoms with Crippen LogP contribution in [0, 0.1) is 12.7 Å². The normalized spacial score (nSPS) is 10.5. The lowest BCUT2D eigenvalue weighted by Gasteiger charge is -2.06. The zero-order chi connectivity index (χ0) is 12.4. The van der Waals surface area contributed by atoms with Gasteiger partial charge in [-0.15, -0.1) is 0 Å². The predicted molar refractivity (Wildman–Crippen MR) is 62.4 cm³/mol. The maximum atomic E-state index is 13.1. The van der Waals surface area contributed by atoms with E-state index in [2.05, 4.69) is 4.98 Å². The summed E-state index contributed by atoms with van der Waals surface area (Å²) in [5.41, 5.74) is 1.55. The first-order valence-corrected chi connectivity index (χ1v) is 5.36. The number of benzene rings is 1. The first kappa shape index (κ1) is 11.5. The molecule has 0 bridgehead atoms. The fourth-order valence-corrected chi connectivity index (χ4v) is 1.69. The highest BCUT2D eigenvalue weighted by molar-refractivity contribution is 5.92. The monoisotopic (exact) mass is 233 g/mol. The van der Waals surface area contributed by atoms with Crippen LogP contribution in [0.25, 0.3) is 10.9 Å². The first-order valence-electron chi connectivity index (χ1n) is 5.36. The van der Waals surface area contributed by atoms with Gasteiger partial charge in [0.05, 0.1) is 12.1 Å². The number of carbonyl (C=O) groups is 1. The van der Waals surface area contributed by atoms with Crippen molar-refractivity contribution in [1.29, 1.82) is 0 Å². The second-order valence-electron chi connectivity index (χ2n) is 3.71. The molecule has 0 spiro atoms. The summed E-state index contributed by atoms with van der Waals surface area (Å²) in [5.74, 6) is -0.854. The minimum Gasteiger partial charge on any atom is -0.461 e. The van der Waals surface area contributed by atoms with Gasteiger partial charge >= 0.3 is 5.97 Å². The van der Waals surface area contributed by atoms with E-state index in [4.69, 9.17) is 4.74 Å². The van der Waals surface area contributed by atoms with E-state index in [1.165, 1.54) is 12.1 Å². The fourth-order valence-electron chi connectivity index (χ4n) is 1.69. The van der Waals surface area contributed by atoms with Crippen molar-refractivity contribution >= 4 is 16.9 Å². The van der Waals surface area contributed by atoms with E-state index < -0.39 is 5.97 Å². The molecule has 0 aliphatic rings. The van der Waals surface area contributed by atoms with Crippen molar-refractivity contribution < 1.29 is 13.9 Å². The van der Waals surface area contributed by atoms with Crippen LogP contribution in [0.3, 0.4) is 0 Å². The molecule has 2 rings (SSSR count). The van der Waals surface area contributed by atoms with Crippen LogP contribution in [-0.4, -0.2) is 17.6 Å². The Morgan fingerprint density at radius 2 is 2.18 bits per heavy atom. The lowest BCUT2D eigenvalue weighted by molar-refractivity contribution is 0.0520. The van der Waals surface area contributed by atoms with Crippen molar-refractivity contribution in [1.82, 2.24) is 4.98 Å². The zero-order valence-electron chi connectivity index (χ0n) is 9.66. The highest BCUT2D eigenvalue weighted by atomic mass is 19.1. The number of hydrogen-bond donors (Lipinski definition) is 0. The molecule has 88 valence electrons. The molecule has 0 saturated carbocycles. The molecule has 0 radical (unpaired) electrons. The maximum absolute atomic E-state index is 13.1. The first-order chi connectivity index (χ1) is 8.11. The van der Waals surface area contributed by atoms with E-state index in [-0.39, 0.29) is 11.5 Å². The Morgan fingerprint density at radius 3 is 2.88 bits per heavy atom. The number of pyridine rings is 1. The lowest BCUT2D eigenvalue weighted by Crippen LogP contribution is -2.07. The van der Waals surface area contributed by atoms with Gasteiger partial charge in [0.15, 0.2) is 0 Å². The summed E-state index contributed by atoms with van der Waals surface area (Å²) in [6, 6.07) is 5.99. The van der Waals surface area contributed by atoms with Crippen molar-refractivity contribution in [2.45, 2.75) is 13.8 Å². The van der Waals surface area contributed by atoms with Gasteiger partial charge in [-0.05, 0) is 37.6 Å². The number of hydrogen-bond acceptors (Lipinski definition) is 3. The van der Waals surface area contributed by atoms with Crippen LogP contribution in [0.15, 0.2) is 24.3 Å². The van der Waals surface area contributed by atoms with Gasteiger partial charge in [-0.2, -0.15) is 0 Å². The summed E-state index contributed by atoms with van der Waals surface area (Å²) in [6.07, 6.45) is 0. The van der Waals surface area contributed by atoms with Crippen LogP contribution in [0.5, 0.6) is 0 Å². The van der Waals surface area contributed by atoms with Crippen molar-refractivity contribution in [3.63, 3.8) is 0 Å². The van der Waals surface area contributed by atoms with E-state index in [9.17, 15) is 9.18 Å². The average Bonchev–Trinajstić information content (AvgIpc) is 2.28. The van der Waals surface area contributed by atoms with Gasteiger partial charge in [-0.1, -0.05) is 0 Å². The molecule has 1 aromatic heterocycles. The molecule has 3 nitrogen and oxygen atoms in total. The smallest absolute Gasteiger partial charge is 0.356 e. The minimum atomic E-state index is -0.484. The van der Waals surface area contributed by atoms with Gasteiger partial charge in [-0.25, -0.2) is 14.2 Å². The molecular weight excluding hydrogens is 221 g/mol.